The van der Waals surface area contributed by atoms with Gasteiger partial charge in [-0.05, 0) is 74.9 Å². The third kappa shape index (κ3) is 9.63. The molecule has 0 fully saturated rings. The van der Waals surface area contributed by atoms with Gasteiger partial charge in [-0.25, -0.2) is 0 Å². The zero-order valence-corrected chi connectivity index (χ0v) is 34.2. The first-order valence-electron chi connectivity index (χ1n) is 19.7. The Morgan fingerprint density at radius 1 is 0.946 bits per heavy atom. The molecule has 0 unspecified atom stereocenters. The van der Waals surface area contributed by atoms with E-state index in [1.54, 1.807) is 12.1 Å². The van der Waals surface area contributed by atoms with E-state index in [0.717, 1.165) is 78.4 Å². The second kappa shape index (κ2) is 17.7. The Bertz CT molecular complexity index is 2020. The van der Waals surface area contributed by atoms with Gasteiger partial charge in [-0.1, -0.05) is 32.9 Å². The van der Waals surface area contributed by atoms with Gasteiger partial charge in [0.2, 0.25) is 5.69 Å². The van der Waals surface area contributed by atoms with Gasteiger partial charge in [0.05, 0.1) is 63.0 Å². The van der Waals surface area contributed by atoms with E-state index in [0.29, 0.717) is 52.8 Å². The fourth-order valence-corrected chi connectivity index (χ4v) is 8.41. The van der Waals surface area contributed by atoms with Crippen LogP contribution in [0.1, 0.15) is 76.1 Å². The summed E-state index contributed by atoms with van der Waals surface area (Å²) in [6.07, 6.45) is 12.8. The van der Waals surface area contributed by atoms with Gasteiger partial charge in [0.25, 0.3) is 10.1 Å². The predicted octanol–water partition coefficient (Wildman–Crippen LogP) is 6.51. The lowest BCUT2D eigenvalue weighted by Gasteiger charge is -2.40. The predicted molar refractivity (Wildman–Crippen MR) is 215 cm³/mol. The molecule has 0 bridgehead atoms. The third-order valence-corrected chi connectivity index (χ3v) is 11.6. The van der Waals surface area contributed by atoms with Crippen molar-refractivity contribution in [2.45, 2.75) is 77.0 Å². The highest BCUT2D eigenvalue weighted by molar-refractivity contribution is 7.85. The summed E-state index contributed by atoms with van der Waals surface area (Å²) in [7, 11) is -4.39. The Balaban J connectivity index is 1.18. The number of nitrogens with zero attached hydrogens (tertiary/aromatic N) is 2. The zero-order valence-electron chi connectivity index (χ0n) is 33.4. The molecule has 56 heavy (non-hydrogen) atoms. The number of allylic oxidation sites excluding steroid dienone is 6. The average Bonchev–Trinajstić information content (AvgIpc) is 3.35. The van der Waals surface area contributed by atoms with Crippen LogP contribution in [0, 0.1) is 5.41 Å². The lowest BCUT2D eigenvalue weighted by molar-refractivity contribution is -0.442. The van der Waals surface area contributed by atoms with E-state index >= 15 is 0 Å². The van der Waals surface area contributed by atoms with E-state index in [4.69, 9.17) is 28.8 Å². The van der Waals surface area contributed by atoms with Gasteiger partial charge in [0, 0.05) is 53.0 Å². The Morgan fingerprint density at radius 3 is 2.23 bits per heavy atom. The van der Waals surface area contributed by atoms with Crippen molar-refractivity contribution in [1.29, 1.82) is 0 Å². The summed E-state index contributed by atoms with van der Waals surface area (Å²) in [6, 6.07) is 7.10. The minimum atomic E-state index is -4.39. The number of hydrogen-bond donors (Lipinski definition) is 2. The lowest BCUT2D eigenvalue weighted by atomic mass is 9.81. The van der Waals surface area contributed by atoms with Gasteiger partial charge in [-0.15, -0.1) is 0 Å². The van der Waals surface area contributed by atoms with Crippen LogP contribution in [0.2, 0.25) is 0 Å². The third-order valence-electron chi connectivity index (χ3n) is 10.7. The summed E-state index contributed by atoms with van der Waals surface area (Å²) in [5.74, 6) is 1.02. The Morgan fingerprint density at radius 2 is 1.59 bits per heavy atom. The SMILES string of the molecule is CC(C)(C)C1=C/C(=C\C=C\C2=[N+](CCOCCOCCOCCOCCC(=O)O)c3ccc(S(=O)(=O)O)cc3C2(C)C)c2cc3c4c(c2O1)CCCN4CCC3. The first-order chi connectivity index (χ1) is 26.7. The van der Waals surface area contributed by atoms with Crippen molar-refractivity contribution in [2.75, 3.05) is 77.4 Å². The Kier molecular flexibility index (Phi) is 13.2. The van der Waals surface area contributed by atoms with Crippen molar-refractivity contribution in [3.05, 3.63) is 76.6 Å². The molecule has 0 radical (unpaired) electrons. The summed E-state index contributed by atoms with van der Waals surface area (Å²) in [4.78, 5) is 12.9. The molecule has 0 aliphatic carbocycles. The van der Waals surface area contributed by atoms with E-state index in [2.05, 4.69) is 74.5 Å². The fourth-order valence-electron chi connectivity index (χ4n) is 7.90. The molecule has 6 rings (SSSR count). The van der Waals surface area contributed by atoms with Crippen LogP contribution in [-0.4, -0.2) is 107 Å². The van der Waals surface area contributed by atoms with Crippen LogP contribution in [-0.2, 0) is 52.1 Å². The molecule has 2 N–H and O–H groups in total. The number of aliphatic carboxylic acids is 1. The highest BCUT2D eigenvalue weighted by Crippen LogP contribution is 2.49. The second-order valence-corrected chi connectivity index (χ2v) is 17.6. The number of anilines is 1. The van der Waals surface area contributed by atoms with Crippen molar-refractivity contribution in [1.82, 2.24) is 0 Å². The van der Waals surface area contributed by atoms with Crippen molar-refractivity contribution >= 4 is 38.7 Å². The molecule has 2 aromatic rings. The molecule has 0 spiro atoms. The quantitative estimate of drug-likeness (QED) is 0.0969. The molecule has 13 heteroatoms. The number of carboxylic acid groups (broad SMARTS) is 1. The molecular formula is C43H57N2O10S+. The molecule has 4 aliphatic heterocycles. The number of benzene rings is 2. The molecule has 0 aromatic heterocycles. The molecule has 0 saturated carbocycles. The van der Waals surface area contributed by atoms with Gasteiger partial charge in [-0.3, -0.25) is 9.35 Å². The van der Waals surface area contributed by atoms with Crippen LogP contribution in [0.5, 0.6) is 5.75 Å². The molecule has 304 valence electrons. The fraction of sp³-hybridized carbons (Fsp3) is 0.535. The summed E-state index contributed by atoms with van der Waals surface area (Å²) < 4.78 is 65.4. The lowest BCUT2D eigenvalue weighted by Crippen LogP contribution is -2.35. The number of carboxylic acids is 1. The minimum absolute atomic E-state index is 0.0304. The van der Waals surface area contributed by atoms with Gasteiger partial charge in [0.1, 0.15) is 18.1 Å². The smallest absolute Gasteiger partial charge is 0.305 e. The van der Waals surface area contributed by atoms with Crippen LogP contribution in [0.4, 0.5) is 11.4 Å². The highest BCUT2D eigenvalue weighted by atomic mass is 32.2. The van der Waals surface area contributed by atoms with Gasteiger partial charge in [-0.2, -0.15) is 13.0 Å². The molecule has 12 nitrogen and oxygen atoms in total. The van der Waals surface area contributed by atoms with Crippen LogP contribution in [0.3, 0.4) is 0 Å². The average molecular weight is 794 g/mol. The van der Waals surface area contributed by atoms with E-state index in [9.17, 15) is 17.8 Å². The van der Waals surface area contributed by atoms with Crippen molar-refractivity contribution in [3.8, 4) is 5.75 Å². The van der Waals surface area contributed by atoms with Crippen LogP contribution >= 0.6 is 0 Å². The van der Waals surface area contributed by atoms with Gasteiger partial charge < -0.3 is 33.7 Å². The number of rotatable bonds is 18. The summed E-state index contributed by atoms with van der Waals surface area (Å²) in [5, 5.41) is 8.64. The molecule has 0 amide bonds. The first-order valence-corrected chi connectivity index (χ1v) is 21.1. The van der Waals surface area contributed by atoms with E-state index in [1.165, 1.54) is 22.9 Å². The number of carbonyl (C=O) groups is 1. The standard InChI is InChI=1S/C43H56N2O10S/c1-42(2,3)38-28-30(34-27-31-10-7-16-44-17-8-11-33(40(31)44)41(34)55-38)9-6-12-37-43(4,5)35-29-32(56(48,49)50)13-14-36(35)45(37)18-20-52-22-24-54-26-25-53-23-21-51-19-15-39(46)47/h6,9,12-14,27-29H,7-8,10-11,15-26H2,1-5H3,(H-,46,47,48,49,50)/p+1. The van der Waals surface area contributed by atoms with E-state index < -0.39 is 21.5 Å². The zero-order chi connectivity index (χ0) is 40.1. The molecular weight excluding hydrogens is 737 g/mol. The van der Waals surface area contributed by atoms with Crippen molar-refractivity contribution in [2.24, 2.45) is 5.41 Å². The van der Waals surface area contributed by atoms with Crippen LogP contribution in [0.25, 0.3) is 5.57 Å². The molecule has 4 aliphatic rings. The number of fused-ring (bicyclic) bond motifs is 3. The maximum Gasteiger partial charge on any atom is 0.305 e. The van der Waals surface area contributed by atoms with Crippen LogP contribution in [0.15, 0.2) is 59.2 Å². The topological polar surface area (TPSA) is 144 Å². The number of aryl methyl sites for hydroxylation is 1. The van der Waals surface area contributed by atoms with Crippen molar-refractivity contribution < 1.29 is 51.1 Å². The highest BCUT2D eigenvalue weighted by Gasteiger charge is 2.45. The monoisotopic (exact) mass is 793 g/mol. The minimum Gasteiger partial charge on any atom is -0.481 e. The summed E-state index contributed by atoms with van der Waals surface area (Å²) >= 11 is 0. The Hall–Kier alpha value is -3.85. The maximum absolute atomic E-state index is 12.2. The molecule has 2 aromatic carbocycles. The summed E-state index contributed by atoms with van der Waals surface area (Å²) in [6.45, 7) is 16.2. The Labute approximate surface area is 331 Å². The molecule has 0 saturated heterocycles. The second-order valence-electron chi connectivity index (χ2n) is 16.2. The molecule has 4 heterocycles. The van der Waals surface area contributed by atoms with E-state index in [-0.39, 0.29) is 23.3 Å². The maximum atomic E-state index is 12.2. The largest absolute Gasteiger partial charge is 0.481 e. The van der Waals surface area contributed by atoms with Crippen molar-refractivity contribution in [3.63, 3.8) is 0 Å². The number of hydrogen-bond acceptors (Lipinski definition) is 9. The van der Waals surface area contributed by atoms with Gasteiger partial charge >= 0.3 is 5.97 Å². The van der Waals surface area contributed by atoms with Crippen LogP contribution < -0.4 is 9.64 Å². The normalized spacial score (nSPS) is 18.2. The first kappa shape index (κ1) is 41.8. The molecule has 0 atom stereocenters. The number of ether oxygens (including phenoxy) is 5. The van der Waals surface area contributed by atoms with Gasteiger partial charge in [0.15, 0.2) is 12.3 Å². The van der Waals surface area contributed by atoms with E-state index in [1.807, 2.05) is 0 Å². The summed E-state index contributed by atoms with van der Waals surface area (Å²) in [5.41, 5.74) is 8.19.